The number of nitrogens with zero attached hydrogens (tertiary/aromatic N) is 1. The highest BCUT2D eigenvalue weighted by molar-refractivity contribution is 7.17. The zero-order chi connectivity index (χ0) is 26.5. The Kier molecular flexibility index (Phi) is 5.39. The summed E-state index contributed by atoms with van der Waals surface area (Å²) < 4.78 is 3.76. The van der Waals surface area contributed by atoms with Crippen molar-refractivity contribution in [3.05, 3.63) is 151 Å². The third kappa shape index (κ3) is 3.77. The van der Waals surface area contributed by atoms with Crippen LogP contribution in [-0.4, -0.2) is 4.57 Å². The molecule has 0 amide bonds. The second-order valence-electron chi connectivity index (χ2n) is 10.2. The maximum Gasteiger partial charge on any atom is 0.0627 e. The van der Waals surface area contributed by atoms with Crippen molar-refractivity contribution in [2.75, 3.05) is 0 Å². The van der Waals surface area contributed by atoms with Crippen LogP contribution in [0.5, 0.6) is 0 Å². The van der Waals surface area contributed by atoms with Gasteiger partial charge in [-0.15, -0.1) is 11.3 Å². The van der Waals surface area contributed by atoms with Crippen LogP contribution in [-0.2, 0) is 0 Å². The largest absolute Gasteiger partial charge is 0.309 e. The van der Waals surface area contributed by atoms with E-state index < -0.39 is 0 Å². The molecule has 0 N–H and O–H groups in total. The minimum absolute atomic E-state index is 1.18. The average molecular weight is 528 g/mol. The van der Waals surface area contributed by atoms with Crippen molar-refractivity contribution in [3.8, 4) is 39.1 Å². The Morgan fingerprint density at radius 1 is 0.400 bits per heavy atom. The van der Waals surface area contributed by atoms with Crippen LogP contribution in [0.1, 0.15) is 0 Å². The Labute approximate surface area is 237 Å². The van der Waals surface area contributed by atoms with E-state index in [9.17, 15) is 0 Å². The summed E-state index contributed by atoms with van der Waals surface area (Å²) in [4.78, 5) is 0. The van der Waals surface area contributed by atoms with Gasteiger partial charge < -0.3 is 4.57 Å². The lowest BCUT2D eigenvalue weighted by molar-refractivity contribution is 1.19. The molecule has 0 fully saturated rings. The van der Waals surface area contributed by atoms with Crippen LogP contribution >= 0.6 is 11.3 Å². The topological polar surface area (TPSA) is 4.93 Å². The molecule has 2 heterocycles. The summed E-state index contributed by atoms with van der Waals surface area (Å²) >= 11 is 1.80. The lowest BCUT2D eigenvalue weighted by Crippen LogP contribution is -1.94. The minimum Gasteiger partial charge on any atom is -0.309 e. The maximum atomic E-state index is 2.44. The van der Waals surface area contributed by atoms with Gasteiger partial charge in [0.05, 0.1) is 11.0 Å². The number of benzene rings is 6. The van der Waals surface area contributed by atoms with E-state index in [2.05, 4.69) is 156 Å². The first kappa shape index (κ1) is 23.0. The minimum atomic E-state index is 1.18. The van der Waals surface area contributed by atoms with Gasteiger partial charge in [0.2, 0.25) is 0 Å². The molecule has 0 saturated heterocycles. The van der Waals surface area contributed by atoms with E-state index in [-0.39, 0.29) is 0 Å². The molecular formula is C38H25NS. The molecule has 0 aliphatic heterocycles. The third-order valence-electron chi connectivity index (χ3n) is 7.92. The van der Waals surface area contributed by atoms with Crippen LogP contribution in [0.15, 0.2) is 151 Å². The highest BCUT2D eigenvalue weighted by Crippen LogP contribution is 2.40. The van der Waals surface area contributed by atoms with Gasteiger partial charge in [0, 0.05) is 26.5 Å². The molecule has 2 heteroatoms. The molecule has 1 nitrogen and oxygen atoms in total. The van der Waals surface area contributed by atoms with Gasteiger partial charge in [-0.05, 0) is 75.2 Å². The van der Waals surface area contributed by atoms with Crippen LogP contribution in [0.4, 0.5) is 0 Å². The predicted octanol–water partition coefficient (Wildman–Crippen LogP) is 11.0. The standard InChI is InChI=1S/C38H25NS/c1-3-7-26(8-4-1)28-11-13-30(14-12-28)31-17-21-36-35(25-31)33-20-22-37-34(23-24-40-37)38(33)39(36)32-18-15-29(16-19-32)27-9-5-2-6-10-27/h1-25H. The first-order valence-corrected chi connectivity index (χ1v) is 14.5. The number of rotatable bonds is 4. The number of hydrogen-bond donors (Lipinski definition) is 0. The van der Waals surface area contributed by atoms with E-state index in [0.29, 0.717) is 0 Å². The van der Waals surface area contributed by atoms with Crippen LogP contribution in [0, 0.1) is 0 Å². The lowest BCUT2D eigenvalue weighted by atomic mass is 9.99. The van der Waals surface area contributed by atoms with Gasteiger partial charge in [-0.3, -0.25) is 0 Å². The molecule has 0 saturated carbocycles. The fraction of sp³-hybridized carbons (Fsp3) is 0. The summed E-state index contributed by atoms with van der Waals surface area (Å²) in [6.07, 6.45) is 0. The summed E-state index contributed by atoms with van der Waals surface area (Å²) in [5.41, 5.74) is 11.1. The van der Waals surface area contributed by atoms with Gasteiger partial charge in [-0.1, -0.05) is 109 Å². The second-order valence-corrected chi connectivity index (χ2v) is 11.2. The van der Waals surface area contributed by atoms with Gasteiger partial charge in [0.1, 0.15) is 0 Å². The predicted molar refractivity (Wildman–Crippen MR) is 172 cm³/mol. The van der Waals surface area contributed by atoms with Crippen molar-refractivity contribution < 1.29 is 0 Å². The summed E-state index contributed by atoms with van der Waals surface area (Å²) in [5.74, 6) is 0. The maximum absolute atomic E-state index is 2.44. The smallest absolute Gasteiger partial charge is 0.0627 e. The van der Waals surface area contributed by atoms with Gasteiger partial charge >= 0.3 is 0 Å². The quantitative estimate of drug-likeness (QED) is 0.214. The summed E-state index contributed by atoms with van der Waals surface area (Å²) in [6, 6.07) is 52.8. The van der Waals surface area contributed by atoms with E-state index >= 15 is 0 Å². The number of hydrogen-bond acceptors (Lipinski definition) is 1. The number of thiophene rings is 1. The monoisotopic (exact) mass is 527 g/mol. The van der Waals surface area contributed by atoms with Crippen molar-refractivity contribution in [1.82, 2.24) is 4.57 Å². The molecule has 0 aliphatic rings. The Morgan fingerprint density at radius 3 is 1.60 bits per heavy atom. The fourth-order valence-corrected chi connectivity index (χ4v) is 6.71. The van der Waals surface area contributed by atoms with Gasteiger partial charge in [0.15, 0.2) is 0 Å². The summed E-state index contributed by atoms with van der Waals surface area (Å²) in [5, 5.41) is 6.07. The van der Waals surface area contributed by atoms with Gasteiger partial charge in [-0.2, -0.15) is 0 Å². The third-order valence-corrected chi connectivity index (χ3v) is 8.80. The zero-order valence-electron chi connectivity index (χ0n) is 21.8. The zero-order valence-corrected chi connectivity index (χ0v) is 22.6. The lowest BCUT2D eigenvalue weighted by Gasteiger charge is -2.11. The molecule has 0 atom stereocenters. The van der Waals surface area contributed by atoms with Gasteiger partial charge in [-0.25, -0.2) is 0 Å². The number of aromatic nitrogens is 1. The molecule has 188 valence electrons. The first-order valence-electron chi connectivity index (χ1n) is 13.6. The molecule has 40 heavy (non-hydrogen) atoms. The molecule has 8 aromatic rings. The molecule has 0 unspecified atom stereocenters. The Bertz CT molecular complexity index is 2120. The van der Waals surface area contributed by atoms with Crippen molar-refractivity contribution >= 4 is 43.2 Å². The van der Waals surface area contributed by atoms with Crippen molar-refractivity contribution in [1.29, 1.82) is 0 Å². The molecule has 0 bridgehead atoms. The van der Waals surface area contributed by atoms with E-state index in [1.165, 1.54) is 71.0 Å². The van der Waals surface area contributed by atoms with Crippen LogP contribution in [0.2, 0.25) is 0 Å². The fourth-order valence-electron chi connectivity index (χ4n) is 5.92. The molecule has 6 aromatic carbocycles. The van der Waals surface area contributed by atoms with Crippen LogP contribution in [0.3, 0.4) is 0 Å². The molecule has 0 aliphatic carbocycles. The van der Waals surface area contributed by atoms with E-state index in [4.69, 9.17) is 0 Å². The molecule has 8 rings (SSSR count). The highest BCUT2D eigenvalue weighted by atomic mass is 32.1. The molecular weight excluding hydrogens is 502 g/mol. The highest BCUT2D eigenvalue weighted by Gasteiger charge is 2.16. The summed E-state index contributed by atoms with van der Waals surface area (Å²) in [6.45, 7) is 0. The molecule has 0 spiro atoms. The average Bonchev–Trinajstić information content (AvgIpc) is 3.64. The van der Waals surface area contributed by atoms with Crippen molar-refractivity contribution in [2.45, 2.75) is 0 Å². The number of fused-ring (bicyclic) bond motifs is 5. The normalized spacial score (nSPS) is 11.5. The first-order chi connectivity index (χ1) is 19.8. The van der Waals surface area contributed by atoms with Crippen LogP contribution in [0.25, 0.3) is 71.0 Å². The SMILES string of the molecule is c1ccc(-c2ccc(-c3ccc4c(c3)c3ccc5sccc5c3n4-c3ccc(-c4ccccc4)cc3)cc2)cc1. The van der Waals surface area contributed by atoms with E-state index in [0.717, 1.165) is 0 Å². The van der Waals surface area contributed by atoms with E-state index in [1.54, 1.807) is 11.3 Å². The van der Waals surface area contributed by atoms with Crippen molar-refractivity contribution in [2.24, 2.45) is 0 Å². The molecule has 0 radical (unpaired) electrons. The van der Waals surface area contributed by atoms with E-state index in [1.807, 2.05) is 0 Å². The summed E-state index contributed by atoms with van der Waals surface area (Å²) in [7, 11) is 0. The Hall–Kier alpha value is -4.92. The molecule has 2 aromatic heterocycles. The Balaban J connectivity index is 1.29. The second kappa shape index (κ2) is 9.37. The van der Waals surface area contributed by atoms with Gasteiger partial charge in [0.25, 0.3) is 0 Å². The Morgan fingerprint density at radius 2 is 0.950 bits per heavy atom. The van der Waals surface area contributed by atoms with Crippen molar-refractivity contribution in [3.63, 3.8) is 0 Å². The van der Waals surface area contributed by atoms with Crippen LogP contribution < -0.4 is 0 Å².